The predicted octanol–water partition coefficient (Wildman–Crippen LogP) is 4.26. The number of nitrogens with zero attached hydrogens (tertiary/aromatic N) is 2. The van der Waals surface area contributed by atoms with Crippen LogP contribution in [0, 0.1) is 4.77 Å². The van der Waals surface area contributed by atoms with Crippen LogP contribution in [0.4, 0.5) is 0 Å². The summed E-state index contributed by atoms with van der Waals surface area (Å²) in [6.07, 6.45) is 0. The molecule has 6 heteroatoms. The van der Waals surface area contributed by atoms with Crippen molar-refractivity contribution >= 4 is 23.8 Å². The number of benzene rings is 2. The Hall–Kier alpha value is -2.11. The van der Waals surface area contributed by atoms with Crippen LogP contribution in [0.2, 0.25) is 5.02 Å². The second-order valence-corrected chi connectivity index (χ2v) is 5.22. The Bertz CT molecular complexity index is 823. The van der Waals surface area contributed by atoms with Gasteiger partial charge in [-0.1, -0.05) is 17.7 Å². The number of halogens is 1. The molecule has 0 radical (unpaired) electrons. The highest BCUT2D eigenvalue weighted by Gasteiger charge is 2.11. The van der Waals surface area contributed by atoms with Crippen molar-refractivity contribution in [1.29, 1.82) is 0 Å². The van der Waals surface area contributed by atoms with Gasteiger partial charge < -0.3 is 4.74 Å². The van der Waals surface area contributed by atoms with Gasteiger partial charge in [-0.15, -0.1) is 0 Å². The molecular formula is C15H12ClN3OS. The number of rotatable bonds is 3. The zero-order valence-corrected chi connectivity index (χ0v) is 12.8. The Balaban J connectivity index is 2.17. The highest BCUT2D eigenvalue weighted by molar-refractivity contribution is 7.71. The van der Waals surface area contributed by atoms with E-state index < -0.39 is 0 Å². The summed E-state index contributed by atoms with van der Waals surface area (Å²) in [6.45, 7) is 0. The van der Waals surface area contributed by atoms with E-state index in [1.54, 1.807) is 7.11 Å². The molecule has 1 heterocycles. The average molecular weight is 318 g/mol. The Labute approximate surface area is 132 Å². The summed E-state index contributed by atoms with van der Waals surface area (Å²) in [6, 6.07) is 15.1. The Morgan fingerprint density at radius 1 is 1.19 bits per heavy atom. The molecule has 3 aromatic rings. The molecule has 1 N–H and O–H groups in total. The summed E-state index contributed by atoms with van der Waals surface area (Å²) in [5.41, 5.74) is 1.81. The first kappa shape index (κ1) is 13.9. The Morgan fingerprint density at radius 2 is 1.95 bits per heavy atom. The van der Waals surface area contributed by atoms with Gasteiger partial charge in [-0.05, 0) is 48.6 Å². The van der Waals surface area contributed by atoms with Crippen LogP contribution in [-0.2, 0) is 0 Å². The summed E-state index contributed by atoms with van der Waals surface area (Å²) in [4.78, 5) is 0. The first-order valence-electron chi connectivity index (χ1n) is 6.27. The molecule has 0 aliphatic heterocycles. The van der Waals surface area contributed by atoms with E-state index in [2.05, 4.69) is 10.2 Å². The van der Waals surface area contributed by atoms with Gasteiger partial charge in [0, 0.05) is 16.7 Å². The van der Waals surface area contributed by atoms with Crippen LogP contribution in [0.1, 0.15) is 0 Å². The fraction of sp³-hybridized carbons (Fsp3) is 0.0667. The molecule has 0 aliphatic carbocycles. The van der Waals surface area contributed by atoms with Gasteiger partial charge >= 0.3 is 0 Å². The molecule has 1 aromatic heterocycles. The summed E-state index contributed by atoms with van der Waals surface area (Å²) < 4.78 is 7.64. The lowest BCUT2D eigenvalue weighted by atomic mass is 10.2. The van der Waals surface area contributed by atoms with E-state index in [0.29, 0.717) is 9.79 Å². The van der Waals surface area contributed by atoms with Crippen molar-refractivity contribution in [2.75, 3.05) is 7.11 Å². The van der Waals surface area contributed by atoms with Crippen molar-refractivity contribution in [2.24, 2.45) is 0 Å². The maximum atomic E-state index is 5.93. The van der Waals surface area contributed by atoms with Gasteiger partial charge in [-0.3, -0.25) is 9.67 Å². The lowest BCUT2D eigenvalue weighted by Crippen LogP contribution is -1.98. The van der Waals surface area contributed by atoms with Crippen LogP contribution in [0.5, 0.6) is 5.75 Å². The number of nitrogens with one attached hydrogen (secondary N) is 1. The minimum absolute atomic E-state index is 0.521. The highest BCUT2D eigenvalue weighted by Crippen LogP contribution is 2.24. The number of methoxy groups -OCH3 is 1. The van der Waals surface area contributed by atoms with Gasteiger partial charge in [0.15, 0.2) is 10.6 Å². The minimum Gasteiger partial charge on any atom is -0.497 e. The molecule has 0 saturated carbocycles. The van der Waals surface area contributed by atoms with Crippen LogP contribution in [0.25, 0.3) is 17.1 Å². The molecule has 21 heavy (non-hydrogen) atoms. The maximum absolute atomic E-state index is 5.93. The molecule has 0 fully saturated rings. The molecule has 0 bridgehead atoms. The molecule has 4 nitrogen and oxygen atoms in total. The second kappa shape index (κ2) is 5.71. The molecule has 0 unspecified atom stereocenters. The third-order valence-corrected chi connectivity index (χ3v) is 3.61. The van der Waals surface area contributed by atoms with Gasteiger partial charge in [0.05, 0.1) is 12.8 Å². The molecule has 106 valence electrons. The molecule has 0 saturated heterocycles. The van der Waals surface area contributed by atoms with E-state index in [9.17, 15) is 0 Å². The smallest absolute Gasteiger partial charge is 0.200 e. The Kier molecular flexibility index (Phi) is 3.77. The molecule has 2 aromatic carbocycles. The van der Waals surface area contributed by atoms with Gasteiger partial charge in [0.25, 0.3) is 0 Å². The number of aromatic amines is 1. The van der Waals surface area contributed by atoms with E-state index in [1.165, 1.54) is 0 Å². The lowest BCUT2D eigenvalue weighted by molar-refractivity contribution is 0.414. The molecule has 0 aliphatic rings. The number of ether oxygens (including phenoxy) is 1. The van der Waals surface area contributed by atoms with E-state index in [1.807, 2.05) is 53.1 Å². The van der Waals surface area contributed by atoms with E-state index >= 15 is 0 Å². The SMILES string of the molecule is COc1cccc(-n2c(-c3ccc(Cl)cc3)n[nH]c2=S)c1. The summed E-state index contributed by atoms with van der Waals surface area (Å²) in [7, 11) is 1.63. The van der Waals surface area contributed by atoms with Crippen molar-refractivity contribution in [3.05, 3.63) is 58.3 Å². The van der Waals surface area contributed by atoms with Gasteiger partial charge in [-0.2, -0.15) is 5.10 Å². The maximum Gasteiger partial charge on any atom is 0.200 e. The number of hydrogen-bond donors (Lipinski definition) is 1. The van der Waals surface area contributed by atoms with E-state index in [0.717, 1.165) is 22.8 Å². The lowest BCUT2D eigenvalue weighted by Gasteiger charge is -2.08. The molecule has 0 spiro atoms. The standard InChI is InChI=1S/C15H12ClN3OS/c1-20-13-4-2-3-12(9-13)19-14(17-18-15(19)21)10-5-7-11(16)8-6-10/h2-9H,1H3,(H,18,21). The van der Waals surface area contributed by atoms with Crippen molar-refractivity contribution in [3.8, 4) is 22.8 Å². The van der Waals surface area contributed by atoms with E-state index in [-0.39, 0.29) is 0 Å². The normalized spacial score (nSPS) is 10.6. The molecular weight excluding hydrogens is 306 g/mol. The van der Waals surface area contributed by atoms with Crippen molar-refractivity contribution in [3.63, 3.8) is 0 Å². The van der Waals surface area contributed by atoms with Crippen LogP contribution in [0.15, 0.2) is 48.5 Å². The molecule has 0 amide bonds. The van der Waals surface area contributed by atoms with Crippen molar-refractivity contribution < 1.29 is 4.74 Å². The second-order valence-electron chi connectivity index (χ2n) is 4.40. The third-order valence-electron chi connectivity index (χ3n) is 3.09. The van der Waals surface area contributed by atoms with Gasteiger partial charge in [0.2, 0.25) is 0 Å². The van der Waals surface area contributed by atoms with Crippen LogP contribution in [0.3, 0.4) is 0 Å². The number of aromatic nitrogens is 3. The monoisotopic (exact) mass is 317 g/mol. The zero-order valence-electron chi connectivity index (χ0n) is 11.2. The topological polar surface area (TPSA) is 42.8 Å². The van der Waals surface area contributed by atoms with Gasteiger partial charge in [0.1, 0.15) is 5.75 Å². The van der Waals surface area contributed by atoms with Crippen molar-refractivity contribution in [1.82, 2.24) is 14.8 Å². The fourth-order valence-corrected chi connectivity index (χ4v) is 2.44. The number of hydrogen-bond acceptors (Lipinski definition) is 3. The zero-order chi connectivity index (χ0) is 14.8. The summed E-state index contributed by atoms with van der Waals surface area (Å²) in [5, 5.41) is 7.82. The summed E-state index contributed by atoms with van der Waals surface area (Å²) >= 11 is 11.3. The first-order chi connectivity index (χ1) is 10.2. The van der Waals surface area contributed by atoms with Crippen LogP contribution >= 0.6 is 23.8 Å². The van der Waals surface area contributed by atoms with Crippen LogP contribution < -0.4 is 4.74 Å². The van der Waals surface area contributed by atoms with Crippen LogP contribution in [-0.4, -0.2) is 21.9 Å². The first-order valence-corrected chi connectivity index (χ1v) is 7.05. The predicted molar refractivity (Wildman–Crippen MR) is 85.7 cm³/mol. The average Bonchev–Trinajstić information content (AvgIpc) is 2.90. The quantitative estimate of drug-likeness (QED) is 0.734. The summed E-state index contributed by atoms with van der Waals surface area (Å²) in [5.74, 6) is 1.49. The molecule has 3 rings (SSSR count). The largest absolute Gasteiger partial charge is 0.497 e. The minimum atomic E-state index is 0.521. The third kappa shape index (κ3) is 2.70. The molecule has 0 atom stereocenters. The number of H-pyrrole nitrogens is 1. The fourth-order valence-electron chi connectivity index (χ4n) is 2.08. The van der Waals surface area contributed by atoms with Gasteiger partial charge in [-0.25, -0.2) is 0 Å². The Morgan fingerprint density at radius 3 is 2.67 bits per heavy atom. The highest BCUT2D eigenvalue weighted by atomic mass is 35.5. The van der Waals surface area contributed by atoms with Crippen molar-refractivity contribution in [2.45, 2.75) is 0 Å². The van der Waals surface area contributed by atoms with E-state index in [4.69, 9.17) is 28.6 Å².